The Morgan fingerprint density at radius 1 is 1.18 bits per heavy atom. The first kappa shape index (κ1) is 17.9. The van der Waals surface area contributed by atoms with Gasteiger partial charge in [-0.2, -0.15) is 0 Å². The first-order valence-electron chi connectivity index (χ1n) is 8.73. The Balaban J connectivity index is 1.93. The number of imide groups is 1. The molecule has 8 heteroatoms. The second-order valence-electron chi connectivity index (χ2n) is 6.55. The number of fused-ring (bicyclic) bond motifs is 2. The molecule has 28 heavy (non-hydrogen) atoms. The number of hydrogen-bond acceptors (Lipinski definition) is 6. The second kappa shape index (κ2) is 6.28. The third-order valence-corrected chi connectivity index (χ3v) is 4.97. The predicted molar refractivity (Wildman–Crippen MR) is 100 cm³/mol. The van der Waals surface area contributed by atoms with Crippen LogP contribution in [0, 0.1) is 17.0 Å². The molecule has 4 rings (SSSR count). The van der Waals surface area contributed by atoms with Gasteiger partial charge in [-0.3, -0.25) is 19.7 Å². The fourth-order valence-electron chi connectivity index (χ4n) is 3.67. The van der Waals surface area contributed by atoms with Crippen LogP contribution in [0.25, 0.3) is 11.0 Å². The molecular formula is C20H16N2O6. The third-order valence-electron chi connectivity index (χ3n) is 4.97. The van der Waals surface area contributed by atoms with Gasteiger partial charge >= 0.3 is 0 Å². The molecule has 0 radical (unpaired) electrons. The first-order valence-corrected chi connectivity index (χ1v) is 8.73. The van der Waals surface area contributed by atoms with Gasteiger partial charge in [0, 0.05) is 17.0 Å². The summed E-state index contributed by atoms with van der Waals surface area (Å²) < 4.78 is 5.80. The molecule has 2 amide bonds. The second-order valence-corrected chi connectivity index (χ2v) is 6.55. The average Bonchev–Trinajstić information content (AvgIpc) is 3.15. The van der Waals surface area contributed by atoms with Gasteiger partial charge in [0.05, 0.1) is 22.3 Å². The van der Waals surface area contributed by atoms with E-state index in [1.807, 2.05) is 6.92 Å². The Morgan fingerprint density at radius 3 is 2.57 bits per heavy atom. The van der Waals surface area contributed by atoms with Crippen molar-refractivity contribution < 1.29 is 24.0 Å². The van der Waals surface area contributed by atoms with Crippen LogP contribution in [0.5, 0.6) is 0 Å². The van der Waals surface area contributed by atoms with Crippen molar-refractivity contribution in [1.82, 2.24) is 0 Å². The molecule has 0 bridgehead atoms. The Labute approximate surface area is 159 Å². The highest BCUT2D eigenvalue weighted by Crippen LogP contribution is 2.40. The zero-order chi connectivity index (χ0) is 20.2. The molecule has 142 valence electrons. The largest absolute Gasteiger partial charge is 0.459 e. The van der Waals surface area contributed by atoms with Crippen molar-refractivity contribution >= 4 is 34.2 Å². The van der Waals surface area contributed by atoms with E-state index in [-0.39, 0.29) is 22.4 Å². The maximum Gasteiger partial charge on any atom is 0.283 e. The number of furan rings is 1. The fourth-order valence-corrected chi connectivity index (χ4v) is 3.67. The van der Waals surface area contributed by atoms with Crippen LogP contribution in [-0.4, -0.2) is 21.8 Å². The van der Waals surface area contributed by atoms with Crippen molar-refractivity contribution in [2.45, 2.75) is 26.4 Å². The molecule has 0 saturated heterocycles. The lowest BCUT2D eigenvalue weighted by molar-refractivity contribution is -0.385. The fraction of sp³-hybridized carbons (Fsp3) is 0.200. The number of hydrogen-bond donors (Lipinski definition) is 1. The van der Waals surface area contributed by atoms with E-state index in [4.69, 9.17) is 4.42 Å². The normalized spacial score (nSPS) is 14.6. The monoisotopic (exact) mass is 380 g/mol. The molecule has 1 atom stereocenters. The molecule has 1 aliphatic heterocycles. The van der Waals surface area contributed by atoms with Crippen molar-refractivity contribution in [2.75, 3.05) is 4.90 Å². The van der Waals surface area contributed by atoms with Crippen molar-refractivity contribution in [3.05, 3.63) is 69.0 Å². The number of aryl methyl sites for hydroxylation is 1. The Hall–Kier alpha value is -3.52. The lowest BCUT2D eigenvalue weighted by Crippen LogP contribution is -2.29. The zero-order valence-electron chi connectivity index (χ0n) is 15.1. The summed E-state index contributed by atoms with van der Waals surface area (Å²) in [6.07, 6.45) is -0.279. The summed E-state index contributed by atoms with van der Waals surface area (Å²) >= 11 is 0. The summed E-state index contributed by atoms with van der Waals surface area (Å²) in [6.45, 7) is 3.53. The Kier molecular flexibility index (Phi) is 4.01. The SMILES string of the molecule is CCC(O)c1c(C)oc2c(N3C(=O)c4cccc([N+](=O)[O-])c4C3=O)cccc12. The molecule has 1 aliphatic rings. The van der Waals surface area contributed by atoms with Crippen molar-refractivity contribution in [2.24, 2.45) is 0 Å². The molecule has 1 N–H and O–H groups in total. The van der Waals surface area contributed by atoms with Crippen molar-refractivity contribution in [1.29, 1.82) is 0 Å². The molecule has 0 saturated carbocycles. The third kappa shape index (κ3) is 2.35. The van der Waals surface area contributed by atoms with Gasteiger partial charge in [-0.1, -0.05) is 25.1 Å². The quantitative estimate of drug-likeness (QED) is 0.417. The van der Waals surface area contributed by atoms with Crippen LogP contribution >= 0.6 is 0 Å². The molecule has 2 heterocycles. The Bertz CT molecular complexity index is 1160. The average molecular weight is 380 g/mol. The standard InChI is InChI=1S/C20H16N2O6/c1-3-15(23)16-10(2)28-18-11(16)6-4-9-14(18)21-19(24)12-7-5-8-13(22(26)27)17(12)20(21)25/h4-9,15,23H,3H2,1-2H3. The molecular weight excluding hydrogens is 364 g/mol. The van der Waals surface area contributed by atoms with E-state index in [0.717, 1.165) is 4.90 Å². The first-order chi connectivity index (χ1) is 13.4. The number of benzene rings is 2. The number of para-hydroxylation sites is 1. The van der Waals surface area contributed by atoms with E-state index in [1.165, 1.54) is 18.2 Å². The van der Waals surface area contributed by atoms with Gasteiger partial charge in [-0.05, 0) is 25.5 Å². The van der Waals surface area contributed by atoms with Gasteiger partial charge in [0.25, 0.3) is 17.5 Å². The molecule has 3 aromatic rings. The number of carbonyl (C=O) groups excluding carboxylic acids is 2. The maximum atomic E-state index is 13.0. The molecule has 0 spiro atoms. The predicted octanol–water partition coefficient (Wildman–Crippen LogP) is 3.89. The number of amides is 2. The molecule has 1 aromatic heterocycles. The van der Waals surface area contributed by atoms with Crippen molar-refractivity contribution in [3.63, 3.8) is 0 Å². The van der Waals surface area contributed by atoms with Crippen LogP contribution in [0.4, 0.5) is 11.4 Å². The number of anilines is 1. The number of rotatable bonds is 4. The van der Waals surface area contributed by atoms with Gasteiger partial charge < -0.3 is 9.52 Å². The lowest BCUT2D eigenvalue weighted by Gasteiger charge is -2.14. The minimum atomic E-state index is -0.772. The van der Waals surface area contributed by atoms with Gasteiger partial charge in [0.15, 0.2) is 5.58 Å². The zero-order valence-corrected chi connectivity index (χ0v) is 15.1. The highest BCUT2D eigenvalue weighted by atomic mass is 16.6. The Morgan fingerprint density at radius 2 is 1.89 bits per heavy atom. The highest BCUT2D eigenvalue weighted by molar-refractivity contribution is 6.37. The number of aliphatic hydroxyl groups excluding tert-OH is 1. The molecule has 0 aliphatic carbocycles. The molecule has 1 unspecified atom stereocenters. The van der Waals surface area contributed by atoms with Crippen LogP contribution in [-0.2, 0) is 0 Å². The summed E-state index contributed by atoms with van der Waals surface area (Å²) in [5.74, 6) is -0.936. The topological polar surface area (TPSA) is 114 Å². The van der Waals surface area contributed by atoms with Crippen LogP contribution in [0.3, 0.4) is 0 Å². The summed E-state index contributed by atoms with van der Waals surface area (Å²) in [5, 5.41) is 22.2. The number of aliphatic hydroxyl groups is 1. The van der Waals surface area contributed by atoms with Gasteiger partial charge in [0.2, 0.25) is 0 Å². The summed E-state index contributed by atoms with van der Waals surface area (Å²) in [4.78, 5) is 37.4. The summed E-state index contributed by atoms with van der Waals surface area (Å²) in [7, 11) is 0. The highest BCUT2D eigenvalue weighted by Gasteiger charge is 2.43. The molecule has 2 aromatic carbocycles. The van der Waals surface area contributed by atoms with E-state index >= 15 is 0 Å². The molecule has 0 fully saturated rings. The van der Waals surface area contributed by atoms with Crippen molar-refractivity contribution in [3.8, 4) is 0 Å². The van der Waals surface area contributed by atoms with E-state index in [2.05, 4.69) is 0 Å². The number of nitro groups is 1. The van der Waals surface area contributed by atoms with Gasteiger partial charge in [0.1, 0.15) is 11.3 Å². The number of nitro benzene ring substituents is 1. The van der Waals surface area contributed by atoms with E-state index < -0.39 is 28.5 Å². The molecule has 8 nitrogen and oxygen atoms in total. The van der Waals surface area contributed by atoms with Crippen LogP contribution in [0.1, 0.15) is 51.5 Å². The smallest absolute Gasteiger partial charge is 0.283 e. The van der Waals surface area contributed by atoms with E-state index in [1.54, 1.807) is 25.1 Å². The minimum absolute atomic E-state index is 0.0201. The van der Waals surface area contributed by atoms with Crippen LogP contribution in [0.15, 0.2) is 40.8 Å². The van der Waals surface area contributed by atoms with Crippen LogP contribution in [0.2, 0.25) is 0 Å². The van der Waals surface area contributed by atoms with Crippen LogP contribution < -0.4 is 4.90 Å². The number of carbonyl (C=O) groups is 2. The van der Waals surface area contributed by atoms with Gasteiger partial charge in [-0.15, -0.1) is 0 Å². The van der Waals surface area contributed by atoms with E-state index in [9.17, 15) is 24.8 Å². The lowest BCUT2D eigenvalue weighted by atomic mass is 10.0. The summed E-state index contributed by atoms with van der Waals surface area (Å²) in [6, 6.07) is 8.89. The van der Waals surface area contributed by atoms with E-state index in [0.29, 0.717) is 23.1 Å². The minimum Gasteiger partial charge on any atom is -0.459 e. The summed E-state index contributed by atoms with van der Waals surface area (Å²) in [5.41, 5.74) is 0.403. The van der Waals surface area contributed by atoms with Gasteiger partial charge in [-0.25, -0.2) is 4.90 Å². The maximum absolute atomic E-state index is 13.0. The number of nitrogens with zero attached hydrogens (tertiary/aromatic N) is 2.